The number of carbonyl (C=O) groups is 1. The highest BCUT2D eigenvalue weighted by Crippen LogP contribution is 2.38. The van der Waals surface area contributed by atoms with Gasteiger partial charge in [-0.15, -0.1) is 12.3 Å². The molecule has 220 valence electrons. The van der Waals surface area contributed by atoms with Crippen LogP contribution in [0.1, 0.15) is 43.1 Å². The van der Waals surface area contributed by atoms with Crippen LogP contribution in [0.15, 0.2) is 54.6 Å². The molecule has 43 heavy (non-hydrogen) atoms. The van der Waals surface area contributed by atoms with Crippen molar-refractivity contribution in [3.63, 3.8) is 0 Å². The van der Waals surface area contributed by atoms with Crippen LogP contribution in [-0.2, 0) is 16.0 Å². The lowest BCUT2D eigenvalue weighted by Crippen LogP contribution is -2.41. The molecule has 6 rings (SSSR count). The van der Waals surface area contributed by atoms with Gasteiger partial charge in [0.05, 0.1) is 19.3 Å². The van der Waals surface area contributed by atoms with E-state index in [0.29, 0.717) is 60.0 Å². The van der Waals surface area contributed by atoms with E-state index in [1.54, 1.807) is 6.07 Å². The van der Waals surface area contributed by atoms with Gasteiger partial charge in [-0.3, -0.25) is 5.41 Å². The number of ether oxygens (including phenoxy) is 2. The van der Waals surface area contributed by atoms with Crippen LogP contribution in [0.5, 0.6) is 0 Å². The molecule has 11 heteroatoms. The fourth-order valence-corrected chi connectivity index (χ4v) is 6.26. The van der Waals surface area contributed by atoms with Crippen LogP contribution < -0.4 is 10.6 Å². The molecular weight excluding hydrogens is 566 g/mol. The lowest BCUT2D eigenvalue weighted by Gasteiger charge is -2.37. The minimum absolute atomic E-state index is 0.0683. The summed E-state index contributed by atoms with van der Waals surface area (Å²) in [6.45, 7) is 2.37. The number of primary amides is 1. The van der Waals surface area contributed by atoms with E-state index in [-0.39, 0.29) is 11.9 Å². The highest BCUT2D eigenvalue weighted by Gasteiger charge is 2.32. The van der Waals surface area contributed by atoms with Crippen molar-refractivity contribution in [1.82, 2.24) is 19.5 Å². The summed E-state index contributed by atoms with van der Waals surface area (Å²) in [6, 6.07) is 17.5. The second-order valence-corrected chi connectivity index (χ2v) is 11.4. The molecule has 1 atom stereocenters. The first-order chi connectivity index (χ1) is 20.9. The zero-order valence-corrected chi connectivity index (χ0v) is 24.3. The van der Waals surface area contributed by atoms with Crippen LogP contribution in [0.25, 0.3) is 22.4 Å². The first-order valence-electron chi connectivity index (χ1n) is 14.4. The number of nitrogens with two attached hydrogens (primary N) is 1. The number of nitrogens with one attached hydrogen (secondary N) is 1. The van der Waals surface area contributed by atoms with Crippen molar-refractivity contribution >= 4 is 40.7 Å². The van der Waals surface area contributed by atoms with Gasteiger partial charge in [0.25, 0.3) is 5.90 Å². The molecule has 3 heterocycles. The van der Waals surface area contributed by atoms with Crippen LogP contribution in [0, 0.1) is 29.6 Å². The zero-order chi connectivity index (χ0) is 29.9. The van der Waals surface area contributed by atoms with Crippen molar-refractivity contribution in [2.45, 2.75) is 38.3 Å². The van der Waals surface area contributed by atoms with E-state index in [4.69, 9.17) is 48.6 Å². The normalized spacial score (nSPS) is 20.5. The Morgan fingerprint density at radius 1 is 1.12 bits per heavy atom. The summed E-state index contributed by atoms with van der Waals surface area (Å²) in [5.74, 6) is 3.69. The molecule has 2 aromatic heterocycles. The number of benzene rings is 2. The Kier molecular flexibility index (Phi) is 8.27. The summed E-state index contributed by atoms with van der Waals surface area (Å²) in [5, 5.41) is 8.86. The van der Waals surface area contributed by atoms with Crippen LogP contribution in [-0.4, -0.2) is 51.3 Å². The second-order valence-electron chi connectivity index (χ2n) is 10.9. The van der Waals surface area contributed by atoms with E-state index in [9.17, 15) is 4.79 Å². The van der Waals surface area contributed by atoms with Gasteiger partial charge in [-0.1, -0.05) is 54.1 Å². The molecule has 0 spiro atoms. The summed E-state index contributed by atoms with van der Waals surface area (Å²) < 4.78 is 13.0. The minimum Gasteiger partial charge on any atom is -0.388 e. The predicted molar refractivity (Wildman–Crippen MR) is 165 cm³/mol. The topological polar surface area (TPSA) is 132 Å². The molecule has 1 amide bonds. The van der Waals surface area contributed by atoms with E-state index >= 15 is 0 Å². The van der Waals surface area contributed by atoms with Crippen LogP contribution in [0.4, 0.5) is 10.7 Å². The van der Waals surface area contributed by atoms with Crippen molar-refractivity contribution in [1.29, 1.82) is 5.41 Å². The van der Waals surface area contributed by atoms with Gasteiger partial charge in [-0.05, 0) is 49.3 Å². The first kappa shape index (κ1) is 28.6. The molecular formula is C32H32ClN7O3. The summed E-state index contributed by atoms with van der Waals surface area (Å²) in [5.41, 5.74) is 8.67. The number of fused-ring (bicyclic) bond motifs is 1. The van der Waals surface area contributed by atoms with Crippen molar-refractivity contribution in [2.24, 2.45) is 17.6 Å². The molecule has 0 bridgehead atoms. The maximum Gasteiger partial charge on any atom is 0.411 e. The number of rotatable bonds is 6. The van der Waals surface area contributed by atoms with Crippen LogP contribution in [0.3, 0.4) is 0 Å². The second kappa shape index (κ2) is 12.4. The van der Waals surface area contributed by atoms with Gasteiger partial charge in [0.2, 0.25) is 11.8 Å². The maximum atomic E-state index is 11.5. The van der Waals surface area contributed by atoms with E-state index in [0.717, 1.165) is 42.8 Å². The molecule has 1 saturated carbocycles. The lowest BCUT2D eigenvalue weighted by molar-refractivity contribution is 0.0927. The van der Waals surface area contributed by atoms with Gasteiger partial charge in [-0.25, -0.2) is 14.8 Å². The predicted octanol–water partition coefficient (Wildman–Crippen LogP) is 5.58. The average Bonchev–Trinajstić information content (AvgIpc) is 3.39. The van der Waals surface area contributed by atoms with Gasteiger partial charge in [-0.2, -0.15) is 4.98 Å². The molecule has 4 aromatic rings. The number of terminal acetylenes is 1. The van der Waals surface area contributed by atoms with Gasteiger partial charge in [0, 0.05) is 29.6 Å². The minimum atomic E-state index is -1.12. The summed E-state index contributed by atoms with van der Waals surface area (Å²) in [7, 11) is 0. The van der Waals surface area contributed by atoms with Gasteiger partial charge in [0.15, 0.2) is 5.65 Å². The summed E-state index contributed by atoms with van der Waals surface area (Å²) >= 11 is 6.42. The number of aromatic nitrogens is 4. The first-order valence-corrected chi connectivity index (χ1v) is 14.7. The molecule has 2 aromatic carbocycles. The molecule has 2 aliphatic rings. The van der Waals surface area contributed by atoms with Gasteiger partial charge < -0.3 is 24.7 Å². The highest BCUT2D eigenvalue weighted by molar-refractivity contribution is 6.30. The number of hydrogen-bond donors (Lipinski definition) is 2. The van der Waals surface area contributed by atoms with Crippen LogP contribution >= 0.6 is 11.6 Å². The number of carbonyl (C=O) groups excluding carboxylic acids is 1. The third-order valence-electron chi connectivity index (χ3n) is 8.18. The maximum absolute atomic E-state index is 11.5. The standard InChI is InChI=1S/C32H32ClN7O3/c1-2-20-11-13-21(14-12-20)18-40-27-26(23-9-6-10-24(33)17-23)36-30(28(34)43-31(35)41)37-29(27)38-32(40)39-15-16-42-19-25(39)22-7-4-3-5-8-22/h1,3-10,17,20-21,25,34H,11-16,18-19H2,(H2,35,41)/t20?,21?,25-/m0/s1. The molecule has 3 N–H and O–H groups in total. The third-order valence-corrected chi connectivity index (χ3v) is 8.41. The quantitative estimate of drug-likeness (QED) is 0.168. The Hall–Kier alpha value is -4.46. The lowest BCUT2D eigenvalue weighted by atomic mass is 9.82. The molecule has 1 saturated heterocycles. The molecule has 2 fully saturated rings. The van der Waals surface area contributed by atoms with Crippen molar-refractivity contribution in [2.75, 3.05) is 24.7 Å². The molecule has 0 unspecified atom stereocenters. The molecule has 0 radical (unpaired) electrons. The Morgan fingerprint density at radius 3 is 2.63 bits per heavy atom. The highest BCUT2D eigenvalue weighted by atomic mass is 35.5. The monoisotopic (exact) mass is 597 g/mol. The average molecular weight is 598 g/mol. The Labute approximate surface area is 254 Å². The van der Waals surface area contributed by atoms with E-state index in [2.05, 4.69) is 32.5 Å². The summed E-state index contributed by atoms with van der Waals surface area (Å²) in [4.78, 5) is 28.2. The van der Waals surface area contributed by atoms with Crippen molar-refractivity contribution in [3.05, 3.63) is 71.0 Å². The largest absolute Gasteiger partial charge is 0.411 e. The number of halogens is 1. The van der Waals surface area contributed by atoms with E-state index in [1.807, 2.05) is 36.4 Å². The smallest absolute Gasteiger partial charge is 0.388 e. The van der Waals surface area contributed by atoms with Gasteiger partial charge in [0.1, 0.15) is 11.2 Å². The number of morpholine rings is 1. The molecule has 10 nitrogen and oxygen atoms in total. The molecule has 1 aliphatic heterocycles. The number of nitrogens with zero attached hydrogens (tertiary/aromatic N) is 5. The Morgan fingerprint density at radius 2 is 1.91 bits per heavy atom. The van der Waals surface area contributed by atoms with Crippen LogP contribution in [0.2, 0.25) is 5.02 Å². The van der Waals surface area contributed by atoms with Crippen molar-refractivity contribution in [3.8, 4) is 23.6 Å². The fraction of sp³-hybridized carbons (Fsp3) is 0.344. The van der Waals surface area contributed by atoms with Crippen molar-refractivity contribution < 1.29 is 14.3 Å². The Bertz CT molecular complexity index is 1690. The van der Waals surface area contributed by atoms with Gasteiger partial charge >= 0.3 is 6.09 Å². The fourth-order valence-electron chi connectivity index (χ4n) is 6.07. The number of anilines is 1. The zero-order valence-electron chi connectivity index (χ0n) is 23.6. The number of amides is 1. The SMILES string of the molecule is C#CC1CCC(Cn2c(N3CCOC[C@H]3c3ccccc3)nc3nc(C(=N)OC(N)=O)nc(-c4cccc(Cl)c4)c32)CC1. The molecule has 1 aliphatic carbocycles. The summed E-state index contributed by atoms with van der Waals surface area (Å²) in [6.07, 6.45) is 8.60. The number of imidazole rings is 1. The Balaban J connectivity index is 1.55. The number of hydrogen-bond acceptors (Lipinski definition) is 8. The van der Waals surface area contributed by atoms with E-state index < -0.39 is 12.0 Å². The van der Waals surface area contributed by atoms with E-state index in [1.165, 1.54) is 0 Å². The third kappa shape index (κ3) is 6.05.